The van der Waals surface area contributed by atoms with E-state index in [-0.39, 0.29) is 18.3 Å². The molecular formula is C10H19ClN2O2. The van der Waals surface area contributed by atoms with Crippen LogP contribution in [0.4, 0.5) is 0 Å². The van der Waals surface area contributed by atoms with Crippen molar-refractivity contribution >= 4 is 18.3 Å². The summed E-state index contributed by atoms with van der Waals surface area (Å²) < 4.78 is 0. The maximum atomic E-state index is 11.7. The van der Waals surface area contributed by atoms with Gasteiger partial charge in [-0.15, -0.1) is 12.4 Å². The Labute approximate surface area is 96.4 Å². The summed E-state index contributed by atoms with van der Waals surface area (Å²) in [5.74, 6) is -0.0649. The highest BCUT2D eigenvalue weighted by atomic mass is 35.5. The highest BCUT2D eigenvalue weighted by molar-refractivity contribution is 5.85. The quantitative estimate of drug-likeness (QED) is 0.679. The average molecular weight is 235 g/mol. The van der Waals surface area contributed by atoms with Crippen LogP contribution in [-0.4, -0.2) is 47.7 Å². The zero-order valence-corrected chi connectivity index (χ0v) is 9.63. The van der Waals surface area contributed by atoms with Gasteiger partial charge in [-0.05, 0) is 32.2 Å². The van der Waals surface area contributed by atoms with Crippen LogP contribution in [0.25, 0.3) is 0 Å². The third kappa shape index (κ3) is 2.83. The van der Waals surface area contributed by atoms with Gasteiger partial charge >= 0.3 is 0 Å². The molecule has 2 rings (SSSR count). The standard InChI is InChI=1S/C10H18N2O2.ClH/c13-9-4-2-6-12(10(9)14)8-3-1-5-11-7-8;/h8-9,11,13H,1-7H2;1H. The molecule has 0 aromatic carbocycles. The zero-order chi connectivity index (χ0) is 9.97. The largest absolute Gasteiger partial charge is 0.383 e. The van der Waals surface area contributed by atoms with E-state index < -0.39 is 6.10 Å². The lowest BCUT2D eigenvalue weighted by Crippen LogP contribution is -2.54. The summed E-state index contributed by atoms with van der Waals surface area (Å²) in [5.41, 5.74) is 0. The molecule has 0 bridgehead atoms. The van der Waals surface area contributed by atoms with Gasteiger partial charge in [0.2, 0.25) is 0 Å². The van der Waals surface area contributed by atoms with Gasteiger partial charge in [0.05, 0.1) is 0 Å². The van der Waals surface area contributed by atoms with Crippen LogP contribution in [0.15, 0.2) is 0 Å². The number of halogens is 1. The Morgan fingerprint density at radius 1 is 1.33 bits per heavy atom. The van der Waals surface area contributed by atoms with Gasteiger partial charge < -0.3 is 15.3 Å². The first-order chi connectivity index (χ1) is 6.79. The van der Waals surface area contributed by atoms with E-state index in [0.29, 0.717) is 12.5 Å². The van der Waals surface area contributed by atoms with Crippen molar-refractivity contribution in [1.82, 2.24) is 10.2 Å². The smallest absolute Gasteiger partial charge is 0.251 e. The first-order valence-electron chi connectivity index (χ1n) is 5.48. The average Bonchev–Trinajstić information content (AvgIpc) is 2.23. The molecule has 2 unspecified atom stereocenters. The van der Waals surface area contributed by atoms with E-state index in [1.165, 1.54) is 0 Å². The molecule has 2 heterocycles. The van der Waals surface area contributed by atoms with Gasteiger partial charge in [0.15, 0.2) is 0 Å². The first-order valence-corrected chi connectivity index (χ1v) is 5.48. The molecule has 88 valence electrons. The van der Waals surface area contributed by atoms with E-state index in [0.717, 1.165) is 38.9 Å². The summed E-state index contributed by atoms with van der Waals surface area (Å²) in [7, 11) is 0. The molecule has 2 aliphatic rings. The Balaban J connectivity index is 0.00000112. The maximum Gasteiger partial charge on any atom is 0.251 e. The van der Waals surface area contributed by atoms with Crippen LogP contribution >= 0.6 is 12.4 Å². The molecule has 0 radical (unpaired) electrons. The zero-order valence-electron chi connectivity index (χ0n) is 8.82. The monoisotopic (exact) mass is 234 g/mol. The molecule has 4 nitrogen and oxygen atoms in total. The number of likely N-dealkylation sites (tertiary alicyclic amines) is 1. The van der Waals surface area contributed by atoms with E-state index in [9.17, 15) is 9.90 Å². The van der Waals surface area contributed by atoms with E-state index >= 15 is 0 Å². The Bertz CT molecular complexity index is 219. The minimum Gasteiger partial charge on any atom is -0.383 e. The van der Waals surface area contributed by atoms with Gasteiger partial charge in [0.1, 0.15) is 6.10 Å². The topological polar surface area (TPSA) is 52.6 Å². The number of piperidine rings is 2. The van der Waals surface area contributed by atoms with Crippen molar-refractivity contribution < 1.29 is 9.90 Å². The SMILES string of the molecule is Cl.O=C1C(O)CCCN1C1CCCNC1. The Morgan fingerprint density at radius 3 is 2.80 bits per heavy atom. The third-order valence-electron chi connectivity index (χ3n) is 3.16. The molecule has 2 N–H and O–H groups in total. The van der Waals surface area contributed by atoms with Crippen LogP contribution in [0.1, 0.15) is 25.7 Å². The highest BCUT2D eigenvalue weighted by Crippen LogP contribution is 2.18. The number of carbonyl (C=O) groups is 1. The van der Waals surface area contributed by atoms with Crippen molar-refractivity contribution in [3.05, 3.63) is 0 Å². The highest BCUT2D eigenvalue weighted by Gasteiger charge is 2.32. The lowest BCUT2D eigenvalue weighted by molar-refractivity contribution is -0.146. The fraction of sp³-hybridized carbons (Fsp3) is 0.900. The fourth-order valence-electron chi connectivity index (χ4n) is 2.34. The van der Waals surface area contributed by atoms with E-state index in [4.69, 9.17) is 0 Å². The molecule has 0 aliphatic carbocycles. The summed E-state index contributed by atoms with van der Waals surface area (Å²) in [5, 5.41) is 12.8. The van der Waals surface area contributed by atoms with Crippen LogP contribution in [0.5, 0.6) is 0 Å². The normalized spacial score (nSPS) is 32.3. The fourth-order valence-corrected chi connectivity index (χ4v) is 2.34. The van der Waals surface area contributed by atoms with Crippen molar-refractivity contribution in [3.63, 3.8) is 0 Å². The van der Waals surface area contributed by atoms with Gasteiger partial charge in [0.25, 0.3) is 5.91 Å². The summed E-state index contributed by atoms with van der Waals surface area (Å²) in [6, 6.07) is 0.311. The van der Waals surface area contributed by atoms with Crippen LogP contribution < -0.4 is 5.32 Å². The number of aliphatic hydroxyl groups excluding tert-OH is 1. The second kappa shape index (κ2) is 5.68. The predicted octanol–water partition coefficient (Wildman–Crippen LogP) is 0.143. The molecule has 0 spiro atoms. The number of aliphatic hydroxyl groups is 1. The lowest BCUT2D eigenvalue weighted by atomic mass is 10.0. The van der Waals surface area contributed by atoms with Crippen LogP contribution in [0.3, 0.4) is 0 Å². The second-order valence-electron chi connectivity index (χ2n) is 4.19. The van der Waals surface area contributed by atoms with Crippen molar-refractivity contribution in [2.75, 3.05) is 19.6 Å². The van der Waals surface area contributed by atoms with E-state index in [2.05, 4.69) is 5.32 Å². The number of rotatable bonds is 1. The van der Waals surface area contributed by atoms with Crippen molar-refractivity contribution in [1.29, 1.82) is 0 Å². The van der Waals surface area contributed by atoms with E-state index in [1.807, 2.05) is 4.90 Å². The van der Waals surface area contributed by atoms with Crippen LogP contribution in [0.2, 0.25) is 0 Å². The summed E-state index contributed by atoms with van der Waals surface area (Å²) >= 11 is 0. The van der Waals surface area contributed by atoms with Gasteiger partial charge in [0, 0.05) is 19.1 Å². The Morgan fingerprint density at radius 2 is 2.13 bits per heavy atom. The molecule has 2 fully saturated rings. The molecule has 0 aromatic heterocycles. The van der Waals surface area contributed by atoms with Gasteiger partial charge in [-0.2, -0.15) is 0 Å². The van der Waals surface area contributed by atoms with Crippen LogP contribution in [0, 0.1) is 0 Å². The molecule has 2 saturated heterocycles. The number of carbonyl (C=O) groups excluding carboxylic acids is 1. The van der Waals surface area contributed by atoms with E-state index in [1.54, 1.807) is 0 Å². The Hall–Kier alpha value is -0.320. The van der Waals surface area contributed by atoms with Crippen LogP contribution in [-0.2, 0) is 4.79 Å². The molecule has 0 aromatic rings. The lowest BCUT2D eigenvalue weighted by Gasteiger charge is -2.38. The number of hydrogen-bond acceptors (Lipinski definition) is 3. The number of hydrogen-bond donors (Lipinski definition) is 2. The van der Waals surface area contributed by atoms with Crippen molar-refractivity contribution in [2.24, 2.45) is 0 Å². The molecular weight excluding hydrogens is 216 g/mol. The molecule has 2 aliphatic heterocycles. The molecule has 0 saturated carbocycles. The number of amides is 1. The number of nitrogens with one attached hydrogen (secondary N) is 1. The summed E-state index contributed by atoms with van der Waals surface area (Å²) in [6.45, 7) is 2.77. The molecule has 15 heavy (non-hydrogen) atoms. The minimum atomic E-state index is -0.745. The molecule has 2 atom stereocenters. The van der Waals surface area contributed by atoms with Gasteiger partial charge in [-0.3, -0.25) is 4.79 Å². The predicted molar refractivity (Wildman–Crippen MR) is 60.1 cm³/mol. The number of nitrogens with zero attached hydrogens (tertiary/aromatic N) is 1. The molecule has 1 amide bonds. The third-order valence-corrected chi connectivity index (χ3v) is 3.16. The van der Waals surface area contributed by atoms with Gasteiger partial charge in [-0.1, -0.05) is 0 Å². The maximum absolute atomic E-state index is 11.7. The minimum absolute atomic E-state index is 0. The summed E-state index contributed by atoms with van der Waals surface area (Å²) in [4.78, 5) is 13.5. The second-order valence-corrected chi connectivity index (χ2v) is 4.19. The summed E-state index contributed by atoms with van der Waals surface area (Å²) in [6.07, 6.45) is 3.03. The Kier molecular flexibility index (Phi) is 4.83. The van der Waals surface area contributed by atoms with Crippen molar-refractivity contribution in [2.45, 2.75) is 37.8 Å². The van der Waals surface area contributed by atoms with Gasteiger partial charge in [-0.25, -0.2) is 0 Å². The van der Waals surface area contributed by atoms with Crippen molar-refractivity contribution in [3.8, 4) is 0 Å². The first kappa shape index (κ1) is 12.7. The molecule has 5 heteroatoms.